The Hall–Kier alpha value is -2.92. The van der Waals surface area contributed by atoms with E-state index in [1.165, 1.54) is 17.4 Å². The molecule has 2 aromatic heterocycles. The second kappa shape index (κ2) is 8.07. The zero-order valence-electron chi connectivity index (χ0n) is 15.9. The van der Waals surface area contributed by atoms with Crippen LogP contribution in [0.5, 0.6) is 0 Å². The number of nitrogens with zero attached hydrogens (tertiary/aromatic N) is 4. The summed E-state index contributed by atoms with van der Waals surface area (Å²) in [5.41, 5.74) is 0.665. The van der Waals surface area contributed by atoms with Gasteiger partial charge < -0.3 is 15.0 Å². The Balaban J connectivity index is 1.62. The molecule has 0 spiro atoms. The number of morpholine rings is 1. The summed E-state index contributed by atoms with van der Waals surface area (Å²) in [4.78, 5) is 18.9. The Kier molecular flexibility index (Phi) is 5.48. The molecule has 11 heteroatoms. The van der Waals surface area contributed by atoms with E-state index in [9.17, 15) is 18.0 Å². The summed E-state index contributed by atoms with van der Waals surface area (Å²) in [6.45, 7) is 1.98. The van der Waals surface area contributed by atoms with Gasteiger partial charge in [0.05, 0.1) is 36.3 Å². The lowest BCUT2D eigenvalue weighted by atomic mass is 10.1. The summed E-state index contributed by atoms with van der Waals surface area (Å²) >= 11 is 1.26. The van der Waals surface area contributed by atoms with Crippen LogP contribution in [0.2, 0.25) is 0 Å². The molecule has 1 saturated heterocycles. The summed E-state index contributed by atoms with van der Waals surface area (Å²) in [5, 5.41) is 8.85. The summed E-state index contributed by atoms with van der Waals surface area (Å²) in [7, 11) is 1.77. The van der Waals surface area contributed by atoms with Gasteiger partial charge in [0.25, 0.3) is 5.91 Å². The molecule has 3 heterocycles. The van der Waals surface area contributed by atoms with Gasteiger partial charge in [-0.2, -0.15) is 18.3 Å². The van der Waals surface area contributed by atoms with Crippen molar-refractivity contribution in [3.8, 4) is 10.6 Å². The highest BCUT2D eigenvalue weighted by atomic mass is 32.1. The zero-order chi connectivity index (χ0) is 21.3. The first-order valence-electron chi connectivity index (χ1n) is 9.11. The predicted octanol–water partition coefficient (Wildman–Crippen LogP) is 3.65. The van der Waals surface area contributed by atoms with E-state index in [1.54, 1.807) is 29.5 Å². The number of alkyl halides is 3. The fourth-order valence-corrected chi connectivity index (χ4v) is 3.90. The molecule has 4 rings (SSSR count). The molecule has 3 aromatic rings. The molecule has 0 radical (unpaired) electrons. The lowest BCUT2D eigenvalue weighted by Gasteiger charge is -2.31. The van der Waals surface area contributed by atoms with E-state index in [0.29, 0.717) is 37.0 Å². The smallest absolute Gasteiger partial charge is 0.378 e. The highest BCUT2D eigenvalue weighted by Crippen LogP contribution is 2.36. The van der Waals surface area contributed by atoms with Gasteiger partial charge in [0.15, 0.2) is 0 Å². The molecule has 0 unspecified atom stereocenters. The van der Waals surface area contributed by atoms with Gasteiger partial charge in [0, 0.05) is 37.3 Å². The van der Waals surface area contributed by atoms with Crippen LogP contribution in [0.1, 0.15) is 16.1 Å². The van der Waals surface area contributed by atoms with E-state index < -0.39 is 17.6 Å². The number of hydrogen-bond donors (Lipinski definition) is 1. The Labute approximate surface area is 174 Å². The Morgan fingerprint density at radius 3 is 2.70 bits per heavy atom. The number of hydrogen-bond acceptors (Lipinski definition) is 6. The van der Waals surface area contributed by atoms with Crippen molar-refractivity contribution in [3.63, 3.8) is 0 Å². The number of amides is 1. The second-order valence-corrected chi connectivity index (χ2v) is 7.58. The normalized spacial score (nSPS) is 14.7. The van der Waals surface area contributed by atoms with Gasteiger partial charge in [-0.3, -0.25) is 9.48 Å². The van der Waals surface area contributed by atoms with Crippen molar-refractivity contribution in [2.75, 3.05) is 36.5 Å². The van der Waals surface area contributed by atoms with Crippen LogP contribution in [0.3, 0.4) is 0 Å². The van der Waals surface area contributed by atoms with Crippen LogP contribution in [0.15, 0.2) is 36.0 Å². The number of carbonyl (C=O) groups is 1. The maximum Gasteiger partial charge on any atom is 0.416 e. The third-order valence-corrected chi connectivity index (χ3v) is 5.50. The van der Waals surface area contributed by atoms with Crippen LogP contribution in [0.25, 0.3) is 10.6 Å². The zero-order valence-corrected chi connectivity index (χ0v) is 16.8. The number of aromatic nitrogens is 3. The van der Waals surface area contributed by atoms with Crippen LogP contribution in [0.4, 0.5) is 24.5 Å². The summed E-state index contributed by atoms with van der Waals surface area (Å²) in [6.07, 6.45) is -1.12. The minimum Gasteiger partial charge on any atom is -0.378 e. The molecular formula is C19H18F3N5O2S. The van der Waals surface area contributed by atoms with Crippen LogP contribution in [-0.4, -0.2) is 47.0 Å². The molecule has 158 valence electrons. The summed E-state index contributed by atoms with van der Waals surface area (Å²) < 4.78 is 46.6. The molecule has 1 aliphatic heterocycles. The van der Waals surface area contributed by atoms with Crippen LogP contribution in [-0.2, 0) is 18.0 Å². The minimum absolute atomic E-state index is 0.0904. The number of thiazole rings is 1. The molecule has 1 aliphatic rings. The van der Waals surface area contributed by atoms with E-state index >= 15 is 0 Å². The number of anilines is 2. The van der Waals surface area contributed by atoms with Gasteiger partial charge in [0.1, 0.15) is 10.7 Å². The standard InChI is InChI=1S/C19H18F3N5O2S/c1-26-10-12(9-23-26)18-25-15(11-30-18)17(28)24-14-8-13(19(20,21)22)2-3-16(14)27-4-6-29-7-5-27/h2-3,8-11H,4-7H2,1H3,(H,24,28). The molecule has 1 aromatic carbocycles. The van der Waals surface area contributed by atoms with E-state index in [4.69, 9.17) is 4.74 Å². The maximum absolute atomic E-state index is 13.2. The number of nitrogens with one attached hydrogen (secondary N) is 1. The average molecular weight is 437 g/mol. The van der Waals surface area contributed by atoms with Gasteiger partial charge in [-0.15, -0.1) is 11.3 Å². The first-order chi connectivity index (χ1) is 14.3. The highest BCUT2D eigenvalue weighted by Gasteiger charge is 2.32. The third-order valence-electron chi connectivity index (χ3n) is 4.61. The molecule has 0 saturated carbocycles. The van der Waals surface area contributed by atoms with E-state index in [2.05, 4.69) is 15.4 Å². The van der Waals surface area contributed by atoms with Gasteiger partial charge in [-0.05, 0) is 18.2 Å². The van der Waals surface area contributed by atoms with Crippen LogP contribution < -0.4 is 10.2 Å². The molecule has 1 fully saturated rings. The fourth-order valence-electron chi connectivity index (χ4n) is 3.12. The Morgan fingerprint density at radius 1 is 1.27 bits per heavy atom. The molecule has 7 nitrogen and oxygen atoms in total. The predicted molar refractivity (Wildman–Crippen MR) is 107 cm³/mol. The van der Waals surface area contributed by atoms with Gasteiger partial charge in [0.2, 0.25) is 0 Å². The summed E-state index contributed by atoms with van der Waals surface area (Å²) in [5.74, 6) is -0.574. The van der Waals surface area contributed by atoms with Crippen molar-refractivity contribution >= 4 is 28.6 Å². The van der Waals surface area contributed by atoms with Crippen molar-refractivity contribution in [2.45, 2.75) is 6.18 Å². The molecule has 30 heavy (non-hydrogen) atoms. The first-order valence-corrected chi connectivity index (χ1v) is 9.99. The van der Waals surface area contributed by atoms with Gasteiger partial charge >= 0.3 is 6.18 Å². The molecule has 0 aliphatic carbocycles. The monoisotopic (exact) mass is 437 g/mol. The average Bonchev–Trinajstić information content (AvgIpc) is 3.37. The quantitative estimate of drug-likeness (QED) is 0.675. The molecule has 0 atom stereocenters. The van der Waals surface area contributed by atoms with Crippen molar-refractivity contribution in [3.05, 3.63) is 47.2 Å². The number of rotatable bonds is 4. The maximum atomic E-state index is 13.2. The molecule has 0 bridgehead atoms. The van der Waals surface area contributed by atoms with Crippen molar-refractivity contribution in [2.24, 2.45) is 7.05 Å². The molecule has 1 N–H and O–H groups in total. The van der Waals surface area contributed by atoms with Crippen molar-refractivity contribution in [1.82, 2.24) is 14.8 Å². The Morgan fingerprint density at radius 2 is 2.03 bits per heavy atom. The number of aryl methyl sites for hydroxylation is 1. The topological polar surface area (TPSA) is 72.3 Å². The Bertz CT molecular complexity index is 1060. The number of ether oxygens (including phenoxy) is 1. The minimum atomic E-state index is -4.52. The SMILES string of the molecule is Cn1cc(-c2nc(C(=O)Nc3cc(C(F)(F)F)ccc3N3CCOCC3)cs2)cn1. The first kappa shape index (κ1) is 20.4. The molecular weight excluding hydrogens is 419 g/mol. The van der Waals surface area contributed by atoms with E-state index in [-0.39, 0.29) is 11.4 Å². The third kappa shape index (κ3) is 4.31. The largest absolute Gasteiger partial charge is 0.416 e. The lowest BCUT2D eigenvalue weighted by Crippen LogP contribution is -2.36. The highest BCUT2D eigenvalue weighted by molar-refractivity contribution is 7.13. The van der Waals surface area contributed by atoms with Gasteiger partial charge in [-0.1, -0.05) is 0 Å². The number of carbonyl (C=O) groups excluding carboxylic acids is 1. The van der Waals surface area contributed by atoms with E-state index in [0.717, 1.165) is 17.7 Å². The van der Waals surface area contributed by atoms with Gasteiger partial charge in [-0.25, -0.2) is 4.98 Å². The van der Waals surface area contributed by atoms with Crippen molar-refractivity contribution < 1.29 is 22.7 Å². The fraction of sp³-hybridized carbons (Fsp3) is 0.316. The number of halogens is 3. The lowest BCUT2D eigenvalue weighted by molar-refractivity contribution is -0.137. The van der Waals surface area contributed by atoms with Crippen molar-refractivity contribution in [1.29, 1.82) is 0 Å². The van der Waals surface area contributed by atoms with E-state index in [1.807, 2.05) is 4.90 Å². The number of benzene rings is 1. The molecule has 1 amide bonds. The van der Waals surface area contributed by atoms with Crippen LogP contribution in [0, 0.1) is 0 Å². The second-order valence-electron chi connectivity index (χ2n) is 6.72. The summed E-state index contributed by atoms with van der Waals surface area (Å²) in [6, 6.07) is 3.35. The van der Waals surface area contributed by atoms with Crippen LogP contribution >= 0.6 is 11.3 Å².